The number of nitrogens with zero attached hydrogens (tertiary/aromatic N) is 6. The highest BCUT2D eigenvalue weighted by Crippen LogP contribution is 2.23. The number of fused-ring (bicyclic) bond motifs is 1. The Labute approximate surface area is 177 Å². The van der Waals surface area contributed by atoms with Crippen LogP contribution in [0.25, 0.3) is 22.4 Å². The number of halogens is 1. The first-order valence-electron chi connectivity index (χ1n) is 10.2. The molecule has 0 N–H and O–H groups in total. The summed E-state index contributed by atoms with van der Waals surface area (Å²) in [6.07, 6.45) is 3.42. The van der Waals surface area contributed by atoms with Crippen molar-refractivity contribution in [2.24, 2.45) is 0 Å². The zero-order valence-corrected chi connectivity index (χ0v) is 16.8. The molecular formula is C22H21FN6O2. The normalized spacial score (nSPS) is 14.9. The minimum Gasteiger partial charge on any atom is -0.423 e. The second kappa shape index (κ2) is 8.27. The van der Waals surface area contributed by atoms with Crippen LogP contribution in [0, 0.1) is 5.82 Å². The number of aromatic nitrogens is 4. The molecular weight excluding hydrogens is 399 g/mol. The maximum absolute atomic E-state index is 13.4. The van der Waals surface area contributed by atoms with Crippen molar-refractivity contribution >= 4 is 17.1 Å². The quantitative estimate of drug-likeness (QED) is 0.490. The van der Waals surface area contributed by atoms with Gasteiger partial charge in [-0.15, -0.1) is 0 Å². The van der Waals surface area contributed by atoms with Crippen LogP contribution < -0.4 is 10.5 Å². The molecule has 31 heavy (non-hydrogen) atoms. The van der Waals surface area contributed by atoms with E-state index < -0.39 is 0 Å². The van der Waals surface area contributed by atoms with E-state index in [0.29, 0.717) is 23.7 Å². The van der Waals surface area contributed by atoms with Crippen molar-refractivity contribution < 1.29 is 8.81 Å². The van der Waals surface area contributed by atoms with Gasteiger partial charge in [0.1, 0.15) is 11.3 Å². The van der Waals surface area contributed by atoms with Gasteiger partial charge in [0.15, 0.2) is 5.58 Å². The first-order chi connectivity index (χ1) is 15.2. The summed E-state index contributed by atoms with van der Waals surface area (Å²) in [4.78, 5) is 25.1. The lowest BCUT2D eigenvalue weighted by Gasteiger charge is -2.33. The second-order valence-electron chi connectivity index (χ2n) is 7.45. The van der Waals surface area contributed by atoms with Gasteiger partial charge in [-0.25, -0.2) is 9.07 Å². The van der Waals surface area contributed by atoms with Gasteiger partial charge in [0, 0.05) is 62.8 Å². The molecule has 158 valence electrons. The van der Waals surface area contributed by atoms with Gasteiger partial charge in [0.25, 0.3) is 11.6 Å². The maximum Gasteiger partial charge on any atom is 0.298 e. The fourth-order valence-electron chi connectivity index (χ4n) is 3.71. The summed E-state index contributed by atoms with van der Waals surface area (Å²) in [6, 6.07) is 11.9. The number of oxazole rings is 1. The van der Waals surface area contributed by atoms with Gasteiger partial charge in [-0.3, -0.25) is 14.7 Å². The van der Waals surface area contributed by atoms with E-state index in [0.717, 1.165) is 44.0 Å². The minimum atomic E-state index is -0.336. The molecule has 1 saturated heterocycles. The van der Waals surface area contributed by atoms with E-state index in [9.17, 15) is 9.18 Å². The maximum atomic E-state index is 13.4. The number of piperazine rings is 1. The number of hydrogen-bond acceptors (Lipinski definition) is 7. The molecule has 5 rings (SSSR count). The van der Waals surface area contributed by atoms with Gasteiger partial charge in [0.05, 0.1) is 12.2 Å². The van der Waals surface area contributed by atoms with Crippen LogP contribution in [0.4, 0.5) is 10.4 Å². The Morgan fingerprint density at radius 1 is 0.968 bits per heavy atom. The highest BCUT2D eigenvalue weighted by Gasteiger charge is 2.21. The van der Waals surface area contributed by atoms with Crippen LogP contribution in [-0.4, -0.2) is 57.4 Å². The molecule has 1 aliphatic heterocycles. The number of benzene rings is 1. The number of pyridine rings is 1. The van der Waals surface area contributed by atoms with Crippen molar-refractivity contribution in [1.29, 1.82) is 0 Å². The Hall–Kier alpha value is -3.59. The molecule has 9 heteroatoms. The summed E-state index contributed by atoms with van der Waals surface area (Å²) in [5, 5.41) is 4.50. The van der Waals surface area contributed by atoms with E-state index >= 15 is 0 Å². The Morgan fingerprint density at radius 3 is 2.58 bits per heavy atom. The highest BCUT2D eigenvalue weighted by atomic mass is 19.1. The van der Waals surface area contributed by atoms with Gasteiger partial charge >= 0.3 is 0 Å². The van der Waals surface area contributed by atoms with Crippen molar-refractivity contribution in [3.63, 3.8) is 0 Å². The van der Waals surface area contributed by atoms with Crippen molar-refractivity contribution in [2.45, 2.75) is 6.54 Å². The van der Waals surface area contributed by atoms with Gasteiger partial charge < -0.3 is 9.32 Å². The zero-order chi connectivity index (χ0) is 21.2. The van der Waals surface area contributed by atoms with Gasteiger partial charge in [-0.2, -0.15) is 10.1 Å². The number of rotatable bonds is 5. The van der Waals surface area contributed by atoms with E-state index in [1.54, 1.807) is 30.6 Å². The van der Waals surface area contributed by atoms with E-state index in [4.69, 9.17) is 4.42 Å². The molecule has 4 aromatic rings. The Morgan fingerprint density at radius 2 is 1.77 bits per heavy atom. The molecule has 0 spiro atoms. The Kier molecular flexibility index (Phi) is 5.17. The molecule has 0 amide bonds. The predicted molar refractivity (Wildman–Crippen MR) is 114 cm³/mol. The fourth-order valence-corrected chi connectivity index (χ4v) is 3.71. The van der Waals surface area contributed by atoms with Crippen LogP contribution in [0.15, 0.2) is 64.1 Å². The molecule has 1 fully saturated rings. The van der Waals surface area contributed by atoms with E-state index in [2.05, 4.69) is 24.9 Å². The highest BCUT2D eigenvalue weighted by molar-refractivity contribution is 5.74. The Bertz CT molecular complexity index is 1250. The first-order valence-corrected chi connectivity index (χ1v) is 10.2. The lowest BCUT2D eigenvalue weighted by Crippen LogP contribution is -2.47. The van der Waals surface area contributed by atoms with Crippen LogP contribution in [-0.2, 0) is 6.54 Å². The third kappa shape index (κ3) is 4.17. The molecule has 0 atom stereocenters. The van der Waals surface area contributed by atoms with Crippen molar-refractivity contribution in [3.8, 4) is 11.3 Å². The fraction of sp³-hybridized carbons (Fsp3) is 0.273. The molecule has 0 bridgehead atoms. The average Bonchev–Trinajstić information content (AvgIpc) is 3.23. The molecule has 3 aromatic heterocycles. The van der Waals surface area contributed by atoms with Gasteiger partial charge in [-0.05, 0) is 30.3 Å². The van der Waals surface area contributed by atoms with Crippen molar-refractivity contribution in [3.05, 3.63) is 71.0 Å². The van der Waals surface area contributed by atoms with Crippen LogP contribution >= 0.6 is 0 Å². The first kappa shape index (κ1) is 19.4. The van der Waals surface area contributed by atoms with Crippen LogP contribution in [0.3, 0.4) is 0 Å². The number of anilines is 1. The summed E-state index contributed by atoms with van der Waals surface area (Å²) in [5.41, 5.74) is 2.67. The average molecular weight is 420 g/mol. The van der Waals surface area contributed by atoms with Gasteiger partial charge in [0.2, 0.25) is 0 Å². The van der Waals surface area contributed by atoms with Gasteiger partial charge in [-0.1, -0.05) is 0 Å². The zero-order valence-electron chi connectivity index (χ0n) is 16.8. The van der Waals surface area contributed by atoms with E-state index in [1.165, 1.54) is 16.8 Å². The SMILES string of the molecule is O=c1ccc(-c2ccncc2)nn1CCN1CCN(c2nc3ccc(F)cc3o2)CC1. The summed E-state index contributed by atoms with van der Waals surface area (Å²) < 4.78 is 20.6. The monoisotopic (exact) mass is 420 g/mol. The molecule has 4 heterocycles. The third-order valence-electron chi connectivity index (χ3n) is 5.45. The molecule has 0 radical (unpaired) electrons. The smallest absolute Gasteiger partial charge is 0.298 e. The minimum absolute atomic E-state index is 0.116. The van der Waals surface area contributed by atoms with Crippen LogP contribution in [0.2, 0.25) is 0 Å². The standard InChI is InChI=1S/C22H21FN6O2/c23-17-1-2-19-20(15-17)31-22(25-19)28-12-9-27(10-13-28)11-14-29-21(30)4-3-18(26-29)16-5-7-24-8-6-16/h1-8,15H,9-14H2. The second-order valence-corrected chi connectivity index (χ2v) is 7.45. The third-order valence-corrected chi connectivity index (χ3v) is 5.45. The molecule has 0 unspecified atom stereocenters. The topological polar surface area (TPSA) is 80.3 Å². The summed E-state index contributed by atoms with van der Waals surface area (Å²) >= 11 is 0. The largest absolute Gasteiger partial charge is 0.423 e. The van der Waals surface area contributed by atoms with Crippen molar-refractivity contribution in [1.82, 2.24) is 24.6 Å². The summed E-state index contributed by atoms with van der Waals surface area (Å²) in [7, 11) is 0. The van der Waals surface area contributed by atoms with Crippen molar-refractivity contribution in [2.75, 3.05) is 37.6 Å². The molecule has 0 aliphatic carbocycles. The molecule has 1 aromatic carbocycles. The molecule has 0 saturated carbocycles. The summed E-state index contributed by atoms with van der Waals surface area (Å²) in [5.74, 6) is -0.336. The Balaban J connectivity index is 1.21. The summed E-state index contributed by atoms with van der Waals surface area (Å²) in [6.45, 7) is 4.35. The van der Waals surface area contributed by atoms with Crippen LogP contribution in [0.5, 0.6) is 0 Å². The van der Waals surface area contributed by atoms with E-state index in [-0.39, 0.29) is 11.4 Å². The van der Waals surface area contributed by atoms with Crippen LogP contribution in [0.1, 0.15) is 0 Å². The predicted octanol–water partition coefficient (Wildman–Crippen LogP) is 2.41. The lowest BCUT2D eigenvalue weighted by molar-refractivity contribution is 0.239. The molecule has 1 aliphatic rings. The molecule has 8 nitrogen and oxygen atoms in total. The lowest BCUT2D eigenvalue weighted by atomic mass is 10.2. The number of hydrogen-bond donors (Lipinski definition) is 0. The van der Waals surface area contributed by atoms with E-state index in [1.807, 2.05) is 12.1 Å².